The molecule has 0 aromatic heterocycles. The third kappa shape index (κ3) is 2.41. The van der Waals surface area contributed by atoms with Gasteiger partial charge in [-0.2, -0.15) is 0 Å². The summed E-state index contributed by atoms with van der Waals surface area (Å²) in [6, 6.07) is 14.9. The molecular formula is C17H18ClN. The molecule has 2 aromatic carbocycles. The Morgan fingerprint density at radius 1 is 1.16 bits per heavy atom. The van der Waals surface area contributed by atoms with Crippen LogP contribution in [0.1, 0.15) is 28.2 Å². The van der Waals surface area contributed by atoms with Crippen molar-refractivity contribution >= 4 is 11.6 Å². The van der Waals surface area contributed by atoms with Crippen LogP contribution < -0.4 is 0 Å². The van der Waals surface area contributed by atoms with Crippen molar-refractivity contribution < 1.29 is 0 Å². The second-order valence-electron chi connectivity index (χ2n) is 5.45. The number of hydrogen-bond donors (Lipinski definition) is 0. The molecule has 0 saturated carbocycles. The topological polar surface area (TPSA) is 3.24 Å². The van der Waals surface area contributed by atoms with Crippen LogP contribution in [0.5, 0.6) is 0 Å². The van der Waals surface area contributed by atoms with Crippen LogP contribution in [0.2, 0.25) is 5.02 Å². The molecule has 0 fully saturated rings. The number of aryl methyl sites for hydroxylation is 1. The zero-order chi connectivity index (χ0) is 13.4. The molecular weight excluding hydrogens is 254 g/mol. The summed E-state index contributed by atoms with van der Waals surface area (Å²) in [4.78, 5) is 2.38. The third-order valence-corrected chi connectivity index (χ3v) is 4.18. The van der Waals surface area contributed by atoms with Gasteiger partial charge in [0, 0.05) is 24.0 Å². The van der Waals surface area contributed by atoms with Gasteiger partial charge < -0.3 is 4.90 Å². The molecule has 98 valence electrons. The van der Waals surface area contributed by atoms with Crippen molar-refractivity contribution in [3.8, 4) is 0 Å². The molecule has 2 aromatic rings. The first-order chi connectivity index (χ1) is 9.15. The van der Waals surface area contributed by atoms with E-state index >= 15 is 0 Å². The lowest BCUT2D eigenvalue weighted by Crippen LogP contribution is -2.31. The summed E-state index contributed by atoms with van der Waals surface area (Å²) in [5.41, 5.74) is 5.63. The lowest BCUT2D eigenvalue weighted by molar-refractivity contribution is 0.294. The Morgan fingerprint density at radius 2 is 1.95 bits per heavy atom. The number of likely N-dealkylation sites (N-methyl/N-ethyl adjacent to an activating group) is 1. The van der Waals surface area contributed by atoms with Crippen molar-refractivity contribution in [1.82, 2.24) is 4.90 Å². The van der Waals surface area contributed by atoms with E-state index in [2.05, 4.69) is 49.2 Å². The van der Waals surface area contributed by atoms with E-state index in [0.29, 0.717) is 5.92 Å². The molecule has 1 nitrogen and oxygen atoms in total. The zero-order valence-electron chi connectivity index (χ0n) is 11.4. The van der Waals surface area contributed by atoms with Crippen LogP contribution in [0.4, 0.5) is 0 Å². The van der Waals surface area contributed by atoms with Crippen molar-refractivity contribution in [2.24, 2.45) is 0 Å². The van der Waals surface area contributed by atoms with Gasteiger partial charge in [0.05, 0.1) is 0 Å². The van der Waals surface area contributed by atoms with E-state index in [9.17, 15) is 0 Å². The Labute approximate surface area is 119 Å². The van der Waals surface area contributed by atoms with Gasteiger partial charge in [0.15, 0.2) is 0 Å². The van der Waals surface area contributed by atoms with Gasteiger partial charge in [-0.1, -0.05) is 41.9 Å². The van der Waals surface area contributed by atoms with Crippen LogP contribution in [-0.2, 0) is 6.54 Å². The second kappa shape index (κ2) is 4.99. The van der Waals surface area contributed by atoms with E-state index < -0.39 is 0 Å². The fraction of sp³-hybridized carbons (Fsp3) is 0.294. The average Bonchev–Trinajstić information content (AvgIpc) is 2.37. The predicted molar refractivity (Wildman–Crippen MR) is 80.8 cm³/mol. The Balaban J connectivity index is 2.13. The molecule has 2 heteroatoms. The summed E-state index contributed by atoms with van der Waals surface area (Å²) in [7, 11) is 2.18. The lowest BCUT2D eigenvalue weighted by atomic mass is 9.82. The molecule has 0 unspecified atom stereocenters. The van der Waals surface area contributed by atoms with Gasteiger partial charge in [-0.15, -0.1) is 0 Å². The molecule has 3 rings (SSSR count). The van der Waals surface area contributed by atoms with E-state index in [1.165, 1.54) is 22.3 Å². The van der Waals surface area contributed by atoms with Gasteiger partial charge in [-0.05, 0) is 48.4 Å². The summed E-state index contributed by atoms with van der Waals surface area (Å²) in [5, 5.41) is 0.820. The molecule has 0 radical (unpaired) electrons. The highest BCUT2D eigenvalue weighted by Gasteiger charge is 2.26. The summed E-state index contributed by atoms with van der Waals surface area (Å²) < 4.78 is 0. The number of benzene rings is 2. The smallest absolute Gasteiger partial charge is 0.0408 e. The number of rotatable bonds is 1. The van der Waals surface area contributed by atoms with Crippen LogP contribution >= 0.6 is 11.6 Å². The quantitative estimate of drug-likeness (QED) is 0.750. The maximum absolute atomic E-state index is 6.15. The first kappa shape index (κ1) is 12.7. The maximum Gasteiger partial charge on any atom is 0.0408 e. The van der Waals surface area contributed by atoms with Crippen molar-refractivity contribution in [3.05, 3.63) is 69.7 Å². The Bertz CT molecular complexity index is 606. The SMILES string of the molecule is Cc1cccc2c1[C@H](c1cccc(Cl)c1)CN(C)C2. The highest BCUT2D eigenvalue weighted by atomic mass is 35.5. The van der Waals surface area contributed by atoms with Crippen molar-refractivity contribution in [3.63, 3.8) is 0 Å². The van der Waals surface area contributed by atoms with Crippen LogP contribution in [-0.4, -0.2) is 18.5 Å². The fourth-order valence-corrected chi connectivity index (χ4v) is 3.33. The largest absolute Gasteiger partial charge is 0.301 e. The molecule has 1 atom stereocenters. The summed E-state index contributed by atoms with van der Waals surface area (Å²) in [6.07, 6.45) is 0. The number of nitrogens with zero attached hydrogens (tertiary/aromatic N) is 1. The van der Waals surface area contributed by atoms with Crippen LogP contribution in [0, 0.1) is 6.92 Å². The molecule has 0 bridgehead atoms. The van der Waals surface area contributed by atoms with Crippen molar-refractivity contribution in [2.45, 2.75) is 19.4 Å². The first-order valence-electron chi connectivity index (χ1n) is 6.67. The number of fused-ring (bicyclic) bond motifs is 1. The van der Waals surface area contributed by atoms with Crippen LogP contribution in [0.15, 0.2) is 42.5 Å². The second-order valence-corrected chi connectivity index (χ2v) is 5.89. The van der Waals surface area contributed by atoms with Gasteiger partial charge >= 0.3 is 0 Å². The van der Waals surface area contributed by atoms with Crippen LogP contribution in [0.25, 0.3) is 0 Å². The van der Waals surface area contributed by atoms with Gasteiger partial charge in [-0.3, -0.25) is 0 Å². The molecule has 0 amide bonds. The normalized spacial score (nSPS) is 19.2. The predicted octanol–water partition coefficient (Wildman–Crippen LogP) is 4.23. The van der Waals surface area contributed by atoms with E-state index in [0.717, 1.165) is 18.1 Å². The highest BCUT2D eigenvalue weighted by Crippen LogP contribution is 2.35. The molecule has 19 heavy (non-hydrogen) atoms. The molecule has 0 saturated heterocycles. The van der Waals surface area contributed by atoms with E-state index in [1.807, 2.05) is 12.1 Å². The van der Waals surface area contributed by atoms with Gasteiger partial charge in [-0.25, -0.2) is 0 Å². The van der Waals surface area contributed by atoms with Gasteiger partial charge in [0.1, 0.15) is 0 Å². The van der Waals surface area contributed by atoms with Crippen molar-refractivity contribution in [2.75, 3.05) is 13.6 Å². The minimum Gasteiger partial charge on any atom is -0.301 e. The number of halogens is 1. The van der Waals surface area contributed by atoms with E-state index in [4.69, 9.17) is 11.6 Å². The highest BCUT2D eigenvalue weighted by molar-refractivity contribution is 6.30. The van der Waals surface area contributed by atoms with Crippen molar-refractivity contribution in [1.29, 1.82) is 0 Å². The monoisotopic (exact) mass is 271 g/mol. The van der Waals surface area contributed by atoms with E-state index in [1.54, 1.807) is 0 Å². The average molecular weight is 272 g/mol. The molecule has 1 aliphatic rings. The summed E-state index contributed by atoms with van der Waals surface area (Å²) >= 11 is 6.15. The minimum atomic E-state index is 0.425. The summed E-state index contributed by atoms with van der Waals surface area (Å²) in [5.74, 6) is 0.425. The fourth-order valence-electron chi connectivity index (χ4n) is 3.13. The first-order valence-corrected chi connectivity index (χ1v) is 7.05. The third-order valence-electron chi connectivity index (χ3n) is 3.95. The van der Waals surface area contributed by atoms with Gasteiger partial charge in [0.2, 0.25) is 0 Å². The minimum absolute atomic E-state index is 0.425. The Hall–Kier alpha value is -1.31. The zero-order valence-corrected chi connectivity index (χ0v) is 12.1. The summed E-state index contributed by atoms with van der Waals surface area (Å²) in [6.45, 7) is 4.30. The molecule has 0 N–H and O–H groups in total. The molecule has 0 spiro atoms. The Morgan fingerprint density at radius 3 is 2.74 bits per heavy atom. The lowest BCUT2D eigenvalue weighted by Gasteiger charge is -2.34. The molecule has 0 aliphatic carbocycles. The van der Waals surface area contributed by atoms with E-state index in [-0.39, 0.29) is 0 Å². The van der Waals surface area contributed by atoms with Crippen LogP contribution in [0.3, 0.4) is 0 Å². The molecule has 1 aliphatic heterocycles. The molecule has 1 heterocycles. The number of hydrogen-bond acceptors (Lipinski definition) is 1. The Kier molecular flexibility index (Phi) is 3.34. The maximum atomic E-state index is 6.15. The van der Waals surface area contributed by atoms with Gasteiger partial charge in [0.25, 0.3) is 0 Å². The standard InChI is InChI=1S/C17H18ClN/c1-12-5-3-7-14-10-19(2)11-16(17(12)14)13-6-4-8-15(18)9-13/h3-9,16H,10-11H2,1-2H3/t16-/m0/s1.